The van der Waals surface area contributed by atoms with Crippen LogP contribution in [0, 0.1) is 0 Å². The minimum Gasteiger partial charge on any atom is -0.493 e. The summed E-state index contributed by atoms with van der Waals surface area (Å²) in [6.07, 6.45) is 5.51. The van der Waals surface area contributed by atoms with E-state index in [4.69, 9.17) is 9.84 Å². The molecule has 4 nitrogen and oxygen atoms in total. The van der Waals surface area contributed by atoms with Gasteiger partial charge in [-0.25, -0.2) is 0 Å². The van der Waals surface area contributed by atoms with E-state index in [1.807, 2.05) is 12.1 Å². The van der Waals surface area contributed by atoms with Crippen LogP contribution in [0.2, 0.25) is 0 Å². The molecule has 1 aliphatic heterocycles. The van der Waals surface area contributed by atoms with Crippen LogP contribution in [0.3, 0.4) is 0 Å². The first-order chi connectivity index (χ1) is 14.3. The summed E-state index contributed by atoms with van der Waals surface area (Å²) in [6, 6.07) is 20.7. The van der Waals surface area contributed by atoms with Gasteiger partial charge in [-0.05, 0) is 50.5 Å². The molecule has 1 N–H and O–H groups in total. The number of unbranched alkanes of at least 4 members (excludes halogenated alkanes) is 1. The first-order valence-electron chi connectivity index (χ1n) is 10.9. The second-order valence-corrected chi connectivity index (χ2v) is 7.60. The fourth-order valence-electron chi connectivity index (χ4n) is 3.74. The van der Waals surface area contributed by atoms with Gasteiger partial charge >= 0.3 is 0 Å². The Morgan fingerprint density at radius 2 is 1.48 bits per heavy atom. The highest BCUT2D eigenvalue weighted by Crippen LogP contribution is 2.20. The number of ether oxygens (including phenoxy) is 1. The molecule has 3 rings (SSSR count). The van der Waals surface area contributed by atoms with Crippen molar-refractivity contribution < 1.29 is 9.84 Å². The van der Waals surface area contributed by atoms with Crippen molar-refractivity contribution in [3.63, 3.8) is 0 Å². The van der Waals surface area contributed by atoms with Gasteiger partial charge in [-0.2, -0.15) is 0 Å². The minimum atomic E-state index is 0.261. The van der Waals surface area contributed by atoms with E-state index in [-0.39, 0.29) is 6.61 Å². The summed E-state index contributed by atoms with van der Waals surface area (Å²) >= 11 is 0. The lowest BCUT2D eigenvalue weighted by Gasteiger charge is -2.21. The predicted octanol–water partition coefficient (Wildman–Crippen LogP) is 3.98. The van der Waals surface area contributed by atoms with Crippen LogP contribution in [0.15, 0.2) is 60.7 Å². The Morgan fingerprint density at radius 1 is 0.828 bits per heavy atom. The minimum absolute atomic E-state index is 0.261. The van der Waals surface area contributed by atoms with Crippen molar-refractivity contribution in [3.05, 3.63) is 71.8 Å². The zero-order valence-corrected chi connectivity index (χ0v) is 17.4. The Balaban J connectivity index is 1.45. The molecule has 1 aliphatic rings. The molecular formula is C25H34N2O2. The van der Waals surface area contributed by atoms with Crippen molar-refractivity contribution in [1.82, 2.24) is 9.80 Å². The molecule has 0 aliphatic carbocycles. The molecule has 0 unspecified atom stereocenters. The third-order valence-electron chi connectivity index (χ3n) is 5.38. The molecule has 0 saturated carbocycles. The van der Waals surface area contributed by atoms with E-state index < -0.39 is 0 Å². The van der Waals surface area contributed by atoms with E-state index >= 15 is 0 Å². The lowest BCUT2D eigenvalue weighted by molar-refractivity contribution is 0.195. The Kier molecular flexibility index (Phi) is 9.24. The van der Waals surface area contributed by atoms with Crippen molar-refractivity contribution in [3.8, 4) is 0 Å². The molecule has 1 heterocycles. The lowest BCUT2D eigenvalue weighted by Crippen LogP contribution is -2.32. The zero-order valence-electron chi connectivity index (χ0n) is 17.4. The maximum Gasteiger partial charge on any atom is 0.127 e. The molecule has 29 heavy (non-hydrogen) atoms. The van der Waals surface area contributed by atoms with Crippen LogP contribution in [0.1, 0.15) is 30.4 Å². The van der Waals surface area contributed by atoms with E-state index in [1.165, 1.54) is 6.42 Å². The third kappa shape index (κ3) is 7.65. The van der Waals surface area contributed by atoms with Crippen molar-refractivity contribution in [2.45, 2.75) is 19.3 Å². The second-order valence-electron chi connectivity index (χ2n) is 7.60. The van der Waals surface area contributed by atoms with Gasteiger partial charge in [-0.1, -0.05) is 60.7 Å². The summed E-state index contributed by atoms with van der Waals surface area (Å²) in [5.41, 5.74) is 2.27. The third-order valence-corrected chi connectivity index (χ3v) is 5.38. The molecule has 0 bridgehead atoms. The van der Waals surface area contributed by atoms with Gasteiger partial charge in [0.2, 0.25) is 0 Å². The van der Waals surface area contributed by atoms with Crippen LogP contribution in [-0.2, 0) is 4.74 Å². The smallest absolute Gasteiger partial charge is 0.127 e. The largest absolute Gasteiger partial charge is 0.493 e. The normalized spacial score (nSPS) is 16.5. The molecule has 0 aromatic heterocycles. The van der Waals surface area contributed by atoms with Gasteiger partial charge in [0.15, 0.2) is 0 Å². The Bertz CT molecular complexity index is 718. The summed E-state index contributed by atoms with van der Waals surface area (Å²) in [5.74, 6) is 0.936. The molecule has 2 aromatic carbocycles. The number of hydrogen-bond acceptors (Lipinski definition) is 4. The summed E-state index contributed by atoms with van der Waals surface area (Å²) in [5, 5.41) is 9.12. The average molecular weight is 395 g/mol. The number of rotatable bonds is 10. The van der Waals surface area contributed by atoms with Crippen LogP contribution in [0.5, 0.6) is 0 Å². The molecule has 156 valence electrons. The standard InChI is InChI=1S/C25H34N2O2/c28-20-19-27-16-9-15-26(17-18-27)14-7-8-21-29-25(24-12-5-2-6-13-24)22-23-10-3-1-4-11-23/h1-6,10-13,22,28H,7-9,14-21H2. The molecule has 2 aromatic rings. The fraction of sp³-hybridized carbons (Fsp3) is 0.440. The SMILES string of the molecule is OCCN1CCCN(CCCCOC(=Cc2ccccc2)c2ccccc2)CC1. The van der Waals surface area contributed by atoms with E-state index in [1.54, 1.807) is 0 Å². The highest BCUT2D eigenvalue weighted by Gasteiger charge is 2.13. The molecule has 0 amide bonds. The van der Waals surface area contributed by atoms with Gasteiger partial charge in [0.05, 0.1) is 13.2 Å². The van der Waals surface area contributed by atoms with E-state index in [0.29, 0.717) is 0 Å². The zero-order chi connectivity index (χ0) is 20.2. The van der Waals surface area contributed by atoms with Crippen LogP contribution in [0.25, 0.3) is 11.8 Å². The molecule has 0 atom stereocenters. The predicted molar refractivity (Wildman–Crippen MR) is 121 cm³/mol. The van der Waals surface area contributed by atoms with E-state index in [2.05, 4.69) is 64.4 Å². The van der Waals surface area contributed by atoms with Crippen LogP contribution in [0.4, 0.5) is 0 Å². The molecule has 0 radical (unpaired) electrons. The second kappa shape index (κ2) is 12.4. The molecule has 1 saturated heterocycles. The summed E-state index contributed by atoms with van der Waals surface area (Å²) < 4.78 is 6.20. The number of benzene rings is 2. The van der Waals surface area contributed by atoms with Crippen LogP contribution < -0.4 is 0 Å². The number of hydrogen-bond donors (Lipinski definition) is 1. The topological polar surface area (TPSA) is 35.9 Å². The Hall–Kier alpha value is -2.14. The van der Waals surface area contributed by atoms with Crippen molar-refractivity contribution in [2.24, 2.45) is 0 Å². The fourth-order valence-corrected chi connectivity index (χ4v) is 3.74. The van der Waals surface area contributed by atoms with Crippen molar-refractivity contribution in [1.29, 1.82) is 0 Å². The molecular weight excluding hydrogens is 360 g/mol. The first-order valence-corrected chi connectivity index (χ1v) is 10.9. The number of nitrogens with zero attached hydrogens (tertiary/aromatic N) is 2. The van der Waals surface area contributed by atoms with Gasteiger partial charge in [0.1, 0.15) is 5.76 Å². The van der Waals surface area contributed by atoms with Crippen LogP contribution >= 0.6 is 0 Å². The molecule has 4 heteroatoms. The Labute approximate surface area is 175 Å². The highest BCUT2D eigenvalue weighted by atomic mass is 16.5. The summed E-state index contributed by atoms with van der Waals surface area (Å²) in [7, 11) is 0. The van der Waals surface area contributed by atoms with Gasteiger partial charge in [-0.15, -0.1) is 0 Å². The van der Waals surface area contributed by atoms with E-state index in [0.717, 1.165) is 75.6 Å². The monoisotopic (exact) mass is 394 g/mol. The average Bonchev–Trinajstić information content (AvgIpc) is 2.99. The van der Waals surface area contributed by atoms with Gasteiger partial charge in [0.25, 0.3) is 0 Å². The van der Waals surface area contributed by atoms with Gasteiger partial charge < -0.3 is 14.7 Å². The number of aliphatic hydroxyl groups is 1. The summed E-state index contributed by atoms with van der Waals surface area (Å²) in [4.78, 5) is 4.92. The molecule has 1 fully saturated rings. The van der Waals surface area contributed by atoms with Crippen molar-refractivity contribution in [2.75, 3.05) is 52.5 Å². The molecule has 0 spiro atoms. The number of aliphatic hydroxyl groups excluding tert-OH is 1. The lowest BCUT2D eigenvalue weighted by atomic mass is 10.1. The highest BCUT2D eigenvalue weighted by molar-refractivity contribution is 5.77. The Morgan fingerprint density at radius 3 is 2.17 bits per heavy atom. The summed E-state index contributed by atoms with van der Waals surface area (Å²) in [6.45, 7) is 7.35. The number of β-amino-alcohol motifs (C(OH)–C–C–N with tert-alkyl or cyclic N) is 1. The van der Waals surface area contributed by atoms with Crippen molar-refractivity contribution >= 4 is 11.8 Å². The maximum atomic E-state index is 9.12. The van der Waals surface area contributed by atoms with Crippen LogP contribution in [-0.4, -0.2) is 67.4 Å². The quantitative estimate of drug-likeness (QED) is 0.376. The van der Waals surface area contributed by atoms with E-state index in [9.17, 15) is 0 Å². The first kappa shape index (κ1) is 21.6. The van der Waals surface area contributed by atoms with Gasteiger partial charge in [0, 0.05) is 25.2 Å². The maximum absolute atomic E-state index is 9.12. The van der Waals surface area contributed by atoms with Gasteiger partial charge in [-0.3, -0.25) is 4.90 Å².